The molecule has 0 spiro atoms. The molecule has 0 bridgehead atoms. The number of fused-ring (bicyclic) bond motifs is 5. The van der Waals surface area contributed by atoms with Gasteiger partial charge in [-0.25, -0.2) is 0 Å². The third-order valence-corrected chi connectivity index (χ3v) is 11.5. The van der Waals surface area contributed by atoms with E-state index in [1.54, 1.807) is 5.19 Å². The van der Waals surface area contributed by atoms with E-state index < -0.39 is 8.07 Å². The largest absolute Gasteiger partial charge is 0.361 e. The fourth-order valence-corrected chi connectivity index (χ4v) is 10.6. The Morgan fingerprint density at radius 3 is 2.03 bits per heavy atom. The third kappa shape index (κ3) is 2.49. The van der Waals surface area contributed by atoms with Crippen LogP contribution in [0.3, 0.4) is 0 Å². The first kappa shape index (κ1) is 18.6. The summed E-state index contributed by atoms with van der Waals surface area (Å²) in [6.07, 6.45) is 2.04. The second-order valence-electron chi connectivity index (χ2n) is 9.63. The summed E-state index contributed by atoms with van der Waals surface area (Å²) in [5.74, 6) is 0. The van der Waals surface area contributed by atoms with Crippen molar-refractivity contribution in [3.63, 3.8) is 0 Å². The molecule has 0 fully saturated rings. The SMILES string of the molecule is Cc1cc2c(C)c3ccc[nH]c3cc2c1[Si](C)(C)C1c2ccccc2-c2ccccc21. The number of pyridine rings is 1. The van der Waals surface area contributed by atoms with E-state index in [9.17, 15) is 0 Å². The van der Waals surface area contributed by atoms with Gasteiger partial charge in [-0.1, -0.05) is 79.3 Å². The van der Waals surface area contributed by atoms with Crippen LogP contribution in [0.5, 0.6) is 0 Å². The normalized spacial score (nSPS) is 13.7. The molecule has 0 saturated carbocycles. The van der Waals surface area contributed by atoms with Crippen molar-refractivity contribution in [2.24, 2.45) is 0 Å². The van der Waals surface area contributed by atoms with Gasteiger partial charge in [0, 0.05) is 22.6 Å². The second kappa shape index (κ2) is 6.45. The highest BCUT2D eigenvalue weighted by molar-refractivity contribution is 6.93. The zero-order valence-corrected chi connectivity index (χ0v) is 19.6. The molecule has 4 aromatic carbocycles. The molecule has 1 aliphatic rings. The molecule has 1 aromatic heterocycles. The van der Waals surface area contributed by atoms with Crippen LogP contribution in [0, 0.1) is 13.8 Å². The molecule has 0 amide bonds. The molecular weight excluding hydrogens is 390 g/mol. The third-order valence-electron chi connectivity index (χ3n) is 7.50. The Morgan fingerprint density at radius 1 is 0.710 bits per heavy atom. The first-order chi connectivity index (χ1) is 15.0. The minimum Gasteiger partial charge on any atom is -0.361 e. The Bertz CT molecular complexity index is 1440. The summed E-state index contributed by atoms with van der Waals surface area (Å²) in [6, 6.07) is 27.3. The summed E-state index contributed by atoms with van der Waals surface area (Å²) in [7, 11) is -1.93. The van der Waals surface area contributed by atoms with Crippen molar-refractivity contribution >= 4 is 34.9 Å². The van der Waals surface area contributed by atoms with Crippen LogP contribution >= 0.6 is 0 Å². The van der Waals surface area contributed by atoms with Crippen molar-refractivity contribution in [3.8, 4) is 11.1 Å². The Hall–Kier alpha value is -3.10. The van der Waals surface area contributed by atoms with E-state index in [1.807, 2.05) is 6.20 Å². The van der Waals surface area contributed by atoms with Gasteiger partial charge in [-0.2, -0.15) is 0 Å². The van der Waals surface area contributed by atoms with Crippen molar-refractivity contribution in [2.45, 2.75) is 32.5 Å². The lowest BCUT2D eigenvalue weighted by Crippen LogP contribution is -2.48. The molecule has 1 aliphatic carbocycles. The quantitative estimate of drug-likeness (QED) is 0.292. The van der Waals surface area contributed by atoms with E-state index >= 15 is 0 Å². The number of aromatic nitrogens is 1. The zero-order valence-electron chi connectivity index (χ0n) is 18.6. The first-order valence-corrected chi connectivity index (χ1v) is 14.2. The lowest BCUT2D eigenvalue weighted by molar-refractivity contribution is 1.13. The van der Waals surface area contributed by atoms with Crippen molar-refractivity contribution in [3.05, 3.63) is 101 Å². The van der Waals surface area contributed by atoms with Gasteiger partial charge in [-0.15, -0.1) is 0 Å². The van der Waals surface area contributed by atoms with Crippen LogP contribution < -0.4 is 5.19 Å². The van der Waals surface area contributed by atoms with Gasteiger partial charge in [0.1, 0.15) is 0 Å². The average molecular weight is 418 g/mol. The predicted molar refractivity (Wildman–Crippen MR) is 136 cm³/mol. The van der Waals surface area contributed by atoms with Crippen LogP contribution in [0.4, 0.5) is 0 Å². The van der Waals surface area contributed by atoms with Crippen molar-refractivity contribution in [1.82, 2.24) is 4.98 Å². The van der Waals surface area contributed by atoms with Crippen LogP contribution in [0.1, 0.15) is 27.8 Å². The van der Waals surface area contributed by atoms with E-state index in [-0.39, 0.29) is 0 Å². The van der Waals surface area contributed by atoms with Crippen LogP contribution in [-0.4, -0.2) is 13.1 Å². The molecule has 6 rings (SSSR count). The van der Waals surface area contributed by atoms with Crippen LogP contribution in [0.25, 0.3) is 32.8 Å². The van der Waals surface area contributed by atoms with Gasteiger partial charge in [-0.05, 0) is 69.8 Å². The monoisotopic (exact) mass is 417 g/mol. The number of hydrogen-bond acceptors (Lipinski definition) is 0. The van der Waals surface area contributed by atoms with Crippen LogP contribution in [-0.2, 0) is 0 Å². The summed E-state index contributed by atoms with van der Waals surface area (Å²) in [5, 5.41) is 5.80. The number of benzene rings is 3. The fourth-order valence-electron chi connectivity index (χ4n) is 6.29. The molecule has 0 radical (unpaired) electrons. The van der Waals surface area contributed by atoms with Gasteiger partial charge in [-0.3, -0.25) is 0 Å². The predicted octanol–water partition coefficient (Wildman–Crippen LogP) is 7.21. The first-order valence-electron chi connectivity index (χ1n) is 11.2. The van der Waals surface area contributed by atoms with Gasteiger partial charge in [0.25, 0.3) is 0 Å². The molecule has 1 nitrogen and oxygen atoms in total. The smallest absolute Gasteiger partial charge is 0.0939 e. The maximum absolute atomic E-state index is 3.49. The number of nitrogens with one attached hydrogen (secondary N) is 1. The summed E-state index contributed by atoms with van der Waals surface area (Å²) >= 11 is 0. The van der Waals surface area contributed by atoms with Gasteiger partial charge >= 0.3 is 0 Å². The number of aromatic amines is 1. The summed E-state index contributed by atoms with van der Waals surface area (Å²) in [4.78, 5) is 3.49. The number of rotatable bonds is 2. The number of hydrogen-bond donors (Lipinski definition) is 1. The van der Waals surface area contributed by atoms with E-state index in [4.69, 9.17) is 0 Å². The van der Waals surface area contributed by atoms with E-state index in [2.05, 4.69) is 105 Å². The van der Waals surface area contributed by atoms with E-state index in [1.165, 1.54) is 55.1 Å². The molecule has 0 atom stereocenters. The average Bonchev–Trinajstić information content (AvgIpc) is 3.29. The van der Waals surface area contributed by atoms with Crippen LogP contribution in [0.15, 0.2) is 79.0 Å². The van der Waals surface area contributed by atoms with Gasteiger partial charge in [0.05, 0.1) is 8.07 Å². The Morgan fingerprint density at radius 2 is 1.35 bits per heavy atom. The summed E-state index contributed by atoms with van der Waals surface area (Å²) in [5.41, 5.74) is 10.4. The molecule has 1 N–H and O–H groups in total. The zero-order chi connectivity index (χ0) is 21.3. The van der Waals surface area contributed by atoms with Crippen LogP contribution in [0.2, 0.25) is 13.1 Å². The lowest BCUT2D eigenvalue weighted by Gasteiger charge is -2.33. The molecule has 2 heteroatoms. The van der Waals surface area contributed by atoms with Gasteiger partial charge in [0.15, 0.2) is 0 Å². The molecule has 152 valence electrons. The molecule has 0 saturated heterocycles. The molecule has 0 aliphatic heterocycles. The standard InChI is InChI=1S/C29H27NSi/c1-18-16-25-19(2)20-14-9-15-30-27(20)17-26(25)28(18)31(3,4)29-23-12-7-5-10-21(23)22-11-6-8-13-24(22)29/h5-17,29-30H,1-4H3. The van der Waals surface area contributed by atoms with E-state index in [0.29, 0.717) is 5.54 Å². The van der Waals surface area contributed by atoms with Gasteiger partial charge in [0.2, 0.25) is 0 Å². The minimum absolute atomic E-state index is 0.472. The van der Waals surface area contributed by atoms with Crippen molar-refractivity contribution in [1.29, 1.82) is 0 Å². The van der Waals surface area contributed by atoms with Crippen molar-refractivity contribution < 1.29 is 0 Å². The highest BCUT2D eigenvalue weighted by atomic mass is 28.3. The molecule has 31 heavy (non-hydrogen) atoms. The Balaban J connectivity index is 1.66. The molecule has 0 unspecified atom stereocenters. The number of H-pyrrole nitrogens is 1. The molecule has 5 aromatic rings. The molecular formula is C29H27NSi. The summed E-state index contributed by atoms with van der Waals surface area (Å²) < 4.78 is 0. The Labute approximate surface area is 184 Å². The Kier molecular flexibility index (Phi) is 3.88. The van der Waals surface area contributed by atoms with Gasteiger partial charge < -0.3 is 4.98 Å². The second-order valence-corrected chi connectivity index (χ2v) is 14.1. The molecule has 1 heterocycles. The fraction of sp³-hybridized carbons (Fsp3) is 0.172. The highest BCUT2D eigenvalue weighted by Gasteiger charge is 2.43. The highest BCUT2D eigenvalue weighted by Crippen LogP contribution is 2.49. The van der Waals surface area contributed by atoms with E-state index in [0.717, 1.165) is 0 Å². The lowest BCUT2D eigenvalue weighted by atomic mass is 10.0. The maximum Gasteiger partial charge on any atom is 0.0939 e. The van der Waals surface area contributed by atoms with Crippen molar-refractivity contribution in [2.75, 3.05) is 0 Å². The topological polar surface area (TPSA) is 15.8 Å². The number of aryl methyl sites for hydroxylation is 2. The minimum atomic E-state index is -1.93. The summed E-state index contributed by atoms with van der Waals surface area (Å²) in [6.45, 7) is 9.75. The maximum atomic E-state index is 3.49.